The summed E-state index contributed by atoms with van der Waals surface area (Å²) in [6.45, 7) is 1.85. The molecule has 0 saturated carbocycles. The maximum atomic E-state index is 12.4. The monoisotopic (exact) mass is 356 g/mol. The molecule has 1 aromatic carbocycles. The summed E-state index contributed by atoms with van der Waals surface area (Å²) in [5.41, 5.74) is 1.64. The highest BCUT2D eigenvalue weighted by atomic mass is 16.6. The highest BCUT2D eigenvalue weighted by Gasteiger charge is 2.19. The molecule has 8 heteroatoms. The summed E-state index contributed by atoms with van der Waals surface area (Å²) in [6.07, 6.45) is 0.460. The lowest BCUT2D eigenvalue weighted by molar-refractivity contribution is 0.0719. The lowest BCUT2D eigenvalue weighted by atomic mass is 10.1. The third-order valence-electron chi connectivity index (χ3n) is 4.10. The van der Waals surface area contributed by atoms with E-state index < -0.39 is 0 Å². The molecule has 1 N–H and O–H groups in total. The SMILES string of the molecule is Cn1nc(-c2cccc(C(=O)NCCN3CCCOC3=O)c2)ccc1=O. The summed E-state index contributed by atoms with van der Waals surface area (Å²) >= 11 is 0. The maximum absolute atomic E-state index is 12.4. The predicted octanol–water partition coefficient (Wildman–Crippen LogP) is 1.02. The molecule has 0 bridgehead atoms. The van der Waals surface area contributed by atoms with E-state index in [2.05, 4.69) is 10.4 Å². The fourth-order valence-electron chi connectivity index (χ4n) is 2.68. The van der Waals surface area contributed by atoms with Crippen molar-refractivity contribution < 1.29 is 14.3 Å². The average molecular weight is 356 g/mol. The first-order valence-corrected chi connectivity index (χ1v) is 8.39. The van der Waals surface area contributed by atoms with Gasteiger partial charge in [0.25, 0.3) is 11.5 Å². The zero-order valence-electron chi connectivity index (χ0n) is 14.5. The molecular formula is C18H20N4O4. The highest BCUT2D eigenvalue weighted by molar-refractivity contribution is 5.95. The van der Waals surface area contributed by atoms with Crippen molar-refractivity contribution in [1.82, 2.24) is 20.0 Å². The minimum Gasteiger partial charge on any atom is -0.449 e. The van der Waals surface area contributed by atoms with Crippen LogP contribution in [0.5, 0.6) is 0 Å². The summed E-state index contributed by atoms with van der Waals surface area (Å²) < 4.78 is 6.21. The van der Waals surface area contributed by atoms with Crippen LogP contribution >= 0.6 is 0 Å². The van der Waals surface area contributed by atoms with Gasteiger partial charge in [0.1, 0.15) is 0 Å². The number of cyclic esters (lactones) is 1. The summed E-state index contributed by atoms with van der Waals surface area (Å²) in [7, 11) is 1.58. The van der Waals surface area contributed by atoms with E-state index in [1.807, 2.05) is 6.07 Å². The van der Waals surface area contributed by atoms with Gasteiger partial charge in [-0.1, -0.05) is 12.1 Å². The molecule has 8 nitrogen and oxygen atoms in total. The molecule has 1 aliphatic heterocycles. The third kappa shape index (κ3) is 4.08. The van der Waals surface area contributed by atoms with Gasteiger partial charge in [0, 0.05) is 43.9 Å². The summed E-state index contributed by atoms with van der Waals surface area (Å²) in [5, 5.41) is 6.99. The Labute approximate surface area is 150 Å². The number of amides is 2. The quantitative estimate of drug-likeness (QED) is 0.863. The largest absolute Gasteiger partial charge is 0.449 e. The number of aryl methyl sites for hydroxylation is 1. The van der Waals surface area contributed by atoms with Gasteiger partial charge in [-0.15, -0.1) is 0 Å². The number of nitrogens with zero attached hydrogens (tertiary/aromatic N) is 3. The van der Waals surface area contributed by atoms with Gasteiger partial charge in [0.2, 0.25) is 0 Å². The molecule has 0 radical (unpaired) electrons. The first kappa shape index (κ1) is 17.7. The zero-order chi connectivity index (χ0) is 18.5. The van der Waals surface area contributed by atoms with Gasteiger partial charge in [-0.25, -0.2) is 9.48 Å². The Morgan fingerprint density at radius 3 is 2.88 bits per heavy atom. The summed E-state index contributed by atoms with van der Waals surface area (Å²) in [5.74, 6) is -0.234. The van der Waals surface area contributed by atoms with Crippen molar-refractivity contribution in [1.29, 1.82) is 0 Å². The molecule has 0 atom stereocenters. The van der Waals surface area contributed by atoms with Crippen molar-refractivity contribution >= 4 is 12.0 Å². The lowest BCUT2D eigenvalue weighted by Gasteiger charge is -2.26. The highest BCUT2D eigenvalue weighted by Crippen LogP contribution is 2.17. The number of carbonyl (C=O) groups excluding carboxylic acids is 2. The molecule has 0 aliphatic carbocycles. The van der Waals surface area contributed by atoms with Crippen LogP contribution in [0.25, 0.3) is 11.3 Å². The summed E-state index contributed by atoms with van der Waals surface area (Å²) in [4.78, 5) is 36.9. The molecule has 1 aliphatic rings. The van der Waals surface area contributed by atoms with Crippen LogP contribution in [0, 0.1) is 0 Å². The van der Waals surface area contributed by atoms with Crippen molar-refractivity contribution in [2.45, 2.75) is 6.42 Å². The molecule has 2 amide bonds. The number of aromatic nitrogens is 2. The van der Waals surface area contributed by atoms with Gasteiger partial charge >= 0.3 is 6.09 Å². The second-order valence-corrected chi connectivity index (χ2v) is 5.97. The Balaban J connectivity index is 1.63. The van der Waals surface area contributed by atoms with E-state index in [9.17, 15) is 14.4 Å². The van der Waals surface area contributed by atoms with E-state index in [1.54, 1.807) is 36.2 Å². The van der Waals surface area contributed by atoms with Crippen LogP contribution in [-0.4, -0.2) is 52.9 Å². The molecule has 2 aromatic rings. The number of carbonyl (C=O) groups is 2. The second kappa shape index (κ2) is 7.81. The number of ether oxygens (including phenoxy) is 1. The third-order valence-corrected chi connectivity index (χ3v) is 4.10. The van der Waals surface area contributed by atoms with Crippen LogP contribution in [0.15, 0.2) is 41.2 Å². The minimum atomic E-state index is -0.340. The number of hydrogen-bond acceptors (Lipinski definition) is 5. The fraction of sp³-hybridized carbons (Fsp3) is 0.333. The topological polar surface area (TPSA) is 93.5 Å². The fourth-order valence-corrected chi connectivity index (χ4v) is 2.68. The average Bonchev–Trinajstić information content (AvgIpc) is 2.65. The first-order chi connectivity index (χ1) is 12.5. The van der Waals surface area contributed by atoms with Crippen LogP contribution in [0.1, 0.15) is 16.8 Å². The van der Waals surface area contributed by atoms with E-state index in [0.717, 1.165) is 12.0 Å². The minimum absolute atomic E-state index is 0.195. The van der Waals surface area contributed by atoms with E-state index in [1.165, 1.54) is 10.7 Å². The molecule has 1 saturated heterocycles. The van der Waals surface area contributed by atoms with Crippen LogP contribution in [0.2, 0.25) is 0 Å². The van der Waals surface area contributed by atoms with Crippen LogP contribution in [0.3, 0.4) is 0 Å². The van der Waals surface area contributed by atoms with E-state index in [4.69, 9.17) is 4.74 Å². The van der Waals surface area contributed by atoms with Crippen LogP contribution < -0.4 is 10.9 Å². The Kier molecular flexibility index (Phi) is 5.31. The number of nitrogens with one attached hydrogen (secondary N) is 1. The van der Waals surface area contributed by atoms with Crippen LogP contribution in [0.4, 0.5) is 4.79 Å². The Morgan fingerprint density at radius 2 is 2.12 bits per heavy atom. The molecular weight excluding hydrogens is 336 g/mol. The zero-order valence-corrected chi connectivity index (χ0v) is 14.5. The standard InChI is InChI=1S/C18H20N4O4/c1-21-16(23)7-6-15(20-21)13-4-2-5-14(12-13)17(24)19-8-10-22-9-3-11-26-18(22)25/h2,4-7,12H,3,8-11H2,1H3,(H,19,24). The Morgan fingerprint density at radius 1 is 1.27 bits per heavy atom. The second-order valence-electron chi connectivity index (χ2n) is 5.97. The predicted molar refractivity (Wildman–Crippen MR) is 94.8 cm³/mol. The molecule has 2 heterocycles. The van der Waals surface area contributed by atoms with Gasteiger partial charge in [-0.05, 0) is 24.6 Å². The van der Waals surface area contributed by atoms with Crippen molar-refractivity contribution in [3.63, 3.8) is 0 Å². The molecule has 3 rings (SSSR count). The van der Waals surface area contributed by atoms with E-state index >= 15 is 0 Å². The van der Waals surface area contributed by atoms with Gasteiger partial charge in [-0.3, -0.25) is 9.59 Å². The van der Waals surface area contributed by atoms with Crippen molar-refractivity contribution in [2.75, 3.05) is 26.2 Å². The number of hydrogen-bond donors (Lipinski definition) is 1. The molecule has 1 aromatic heterocycles. The van der Waals surface area contributed by atoms with Crippen molar-refractivity contribution in [2.24, 2.45) is 7.05 Å². The first-order valence-electron chi connectivity index (χ1n) is 8.39. The van der Waals surface area contributed by atoms with Gasteiger partial charge in [0.15, 0.2) is 0 Å². The van der Waals surface area contributed by atoms with Gasteiger partial charge in [0.05, 0.1) is 12.3 Å². The summed E-state index contributed by atoms with van der Waals surface area (Å²) in [6, 6.07) is 10.1. The van der Waals surface area contributed by atoms with Gasteiger partial charge in [-0.2, -0.15) is 5.10 Å². The number of benzene rings is 1. The molecule has 1 fully saturated rings. The van der Waals surface area contributed by atoms with Gasteiger partial charge < -0.3 is 15.0 Å². The lowest BCUT2D eigenvalue weighted by Crippen LogP contribution is -2.42. The molecule has 26 heavy (non-hydrogen) atoms. The Bertz CT molecular complexity index is 877. The number of rotatable bonds is 5. The van der Waals surface area contributed by atoms with E-state index in [-0.39, 0.29) is 17.6 Å². The maximum Gasteiger partial charge on any atom is 0.409 e. The van der Waals surface area contributed by atoms with Crippen molar-refractivity contribution in [3.8, 4) is 11.3 Å². The molecule has 0 unspecified atom stereocenters. The van der Waals surface area contributed by atoms with Crippen molar-refractivity contribution in [3.05, 3.63) is 52.3 Å². The smallest absolute Gasteiger partial charge is 0.409 e. The van der Waals surface area contributed by atoms with E-state index in [0.29, 0.717) is 37.5 Å². The molecule has 136 valence electrons. The normalized spacial score (nSPS) is 14.0. The molecule has 0 spiro atoms. The Hall–Kier alpha value is -3.16. The van der Waals surface area contributed by atoms with Crippen LogP contribution in [-0.2, 0) is 11.8 Å².